The lowest BCUT2D eigenvalue weighted by Gasteiger charge is -2.40. The predicted molar refractivity (Wildman–Crippen MR) is 400 cm³/mol. The number of cyclic esters (lactones) is 4. The molecule has 0 aromatic carbocycles. The van der Waals surface area contributed by atoms with Crippen LogP contribution in [0.1, 0.15) is 96.9 Å². The van der Waals surface area contributed by atoms with Gasteiger partial charge in [0.25, 0.3) is 0 Å². The number of methoxy groups -OCH3 is 2. The average Bonchev–Trinajstić information content (AvgIpc) is 1.74. The molecule has 45 heteroatoms. The van der Waals surface area contributed by atoms with Gasteiger partial charge in [0.1, 0.15) is 48.8 Å². The van der Waals surface area contributed by atoms with E-state index in [-0.39, 0.29) is 98.9 Å². The maximum Gasteiger partial charge on any atom is 0.508 e. The molecule has 117 heavy (non-hydrogen) atoms. The Labute approximate surface area is 676 Å². The molecule has 0 saturated carbocycles. The van der Waals surface area contributed by atoms with Crippen molar-refractivity contribution in [2.24, 2.45) is 9.98 Å². The molecule has 10 atom stereocenters. The van der Waals surface area contributed by atoms with Gasteiger partial charge in [0.2, 0.25) is 35.3 Å². The topological polar surface area (TPSA) is 522 Å². The van der Waals surface area contributed by atoms with E-state index in [0.717, 1.165) is 50.0 Å². The number of likely N-dealkylation sites (N-methyl/N-ethyl adjacent to an activating group) is 2. The Morgan fingerprint density at radius 3 is 1.09 bits per heavy atom. The van der Waals surface area contributed by atoms with Gasteiger partial charge in [-0.05, 0) is 95.2 Å². The van der Waals surface area contributed by atoms with Crippen molar-refractivity contribution in [1.82, 2.24) is 46.6 Å². The third-order valence-corrected chi connectivity index (χ3v) is 15.0. The number of carbonyl (C=O) groups is 13. The smallest absolute Gasteiger partial charge is 0.477 e. The first-order valence-corrected chi connectivity index (χ1v) is 36.8. The fraction of sp³-hybridized carbons (Fsp3) is 0.708. The number of amides is 9. The molecule has 45 nitrogen and oxygen atoms in total. The number of guanidine groups is 2. The molecule has 9 amide bonds. The second-order valence-electron chi connectivity index (χ2n) is 29.5. The normalized spacial score (nSPS) is 19.4. The summed E-state index contributed by atoms with van der Waals surface area (Å²) in [7, 11) is 4.65. The zero-order valence-electron chi connectivity index (χ0n) is 69.1. The van der Waals surface area contributed by atoms with E-state index in [9.17, 15) is 62.3 Å². The molecule has 0 unspecified atom stereocenters. The molecule has 4 rings (SSSR count). The molecule has 6 N–H and O–H groups in total. The lowest BCUT2D eigenvalue weighted by atomic mass is 9.92. The van der Waals surface area contributed by atoms with Crippen LogP contribution in [0, 0.1) is 12.3 Å². The van der Waals surface area contributed by atoms with E-state index < -0.39 is 199 Å². The first kappa shape index (κ1) is 98.4. The largest absolute Gasteiger partial charge is 0.508 e. The number of alkyl carbamates (subject to hydrolysis) is 4. The summed E-state index contributed by atoms with van der Waals surface area (Å²) < 4.78 is 116. The lowest BCUT2D eigenvalue weighted by molar-refractivity contribution is -0.148. The summed E-state index contributed by atoms with van der Waals surface area (Å²) in [6.45, 7) is 19.8. The second kappa shape index (κ2) is 47.9. The van der Waals surface area contributed by atoms with Crippen LogP contribution in [0.2, 0.25) is 0 Å². The molecule has 0 spiro atoms. The number of ether oxygens (including phenoxy) is 21. The number of terminal acetylenes is 1. The molecule has 658 valence electrons. The summed E-state index contributed by atoms with van der Waals surface area (Å²) in [5.41, 5.74) is -4.24. The summed E-state index contributed by atoms with van der Waals surface area (Å²) in [6.07, 6.45) is -12.5. The first-order valence-electron chi connectivity index (χ1n) is 36.8. The quantitative estimate of drug-likeness (QED) is 0.0130. The van der Waals surface area contributed by atoms with Crippen molar-refractivity contribution in [3.8, 4) is 12.3 Å². The first-order chi connectivity index (χ1) is 54.9. The highest BCUT2D eigenvalue weighted by Gasteiger charge is 2.53. The van der Waals surface area contributed by atoms with Gasteiger partial charge in [-0.25, -0.2) is 62.7 Å². The van der Waals surface area contributed by atoms with Crippen LogP contribution in [0.3, 0.4) is 0 Å². The molecule has 4 aliphatic rings. The van der Waals surface area contributed by atoms with Crippen LogP contribution in [-0.2, 0) is 119 Å². The Kier molecular flexibility index (Phi) is 40.3. The van der Waals surface area contributed by atoms with Crippen LogP contribution in [0.5, 0.6) is 0 Å². The standard InChI is InChI=1S/C72H111N11O34/c1-20-25-99-30-31-102-32-33-103-34-35-104-36-37-105-66(94)83(23-28-100-26-21-81(16)64(92)112-52(48-40-106-67(95)110-48)54-50(73-42(2)84)44(38-46(108-54)56(86)97-18)75-58(77-60(88)114-69(4,5)6)78-61(89)115-70(7,8)9)24-29-101-27-22-82(17)65(93)113-53(49-41-107-68(96)111-49)55-51(74-43(3)85)45(39-47(109-55)57(87)98-19)76-59(79-62(90)116-71(10,11)12)80-63(91)117-72(13,14)15/h1,38-39,44-45,48-55H,21-37,40-41H2,2-19H3,(H,73,84)(H,74,85)(H2,75,77,78,88,89)(H2,76,79,80,90,91)/t44-,45-,48+,49+,50+,51+,52+,53+,54+,55+/m0/s1. The summed E-state index contributed by atoms with van der Waals surface area (Å²) in [4.78, 5) is 185. The van der Waals surface area contributed by atoms with Crippen LogP contribution >= 0.6 is 0 Å². The third-order valence-electron chi connectivity index (χ3n) is 15.0. The third kappa shape index (κ3) is 38.1. The van der Waals surface area contributed by atoms with Gasteiger partial charge in [0, 0.05) is 54.1 Å². The molecule has 2 saturated heterocycles. The van der Waals surface area contributed by atoms with Crippen molar-refractivity contribution < 1.29 is 162 Å². The summed E-state index contributed by atoms with van der Waals surface area (Å²) in [5, 5.41) is 14.6. The maximum absolute atomic E-state index is 14.2. The molecule has 0 aliphatic carbocycles. The highest BCUT2D eigenvalue weighted by Crippen LogP contribution is 2.32. The van der Waals surface area contributed by atoms with Crippen LogP contribution in [0.25, 0.3) is 0 Å². The van der Waals surface area contributed by atoms with E-state index in [1.165, 1.54) is 19.0 Å². The van der Waals surface area contributed by atoms with Crippen molar-refractivity contribution >= 4 is 90.6 Å². The van der Waals surface area contributed by atoms with Crippen LogP contribution < -0.4 is 31.9 Å². The minimum atomic E-state index is -1.76. The Balaban J connectivity index is 1.54. The van der Waals surface area contributed by atoms with Crippen molar-refractivity contribution in [1.29, 1.82) is 0 Å². The summed E-state index contributed by atoms with van der Waals surface area (Å²) in [5.74, 6) is -3.69. The van der Waals surface area contributed by atoms with Crippen LogP contribution in [0.15, 0.2) is 33.7 Å². The number of hydrogen-bond acceptors (Lipinski definition) is 36. The number of rotatable bonds is 37. The van der Waals surface area contributed by atoms with Crippen LogP contribution in [-0.4, -0.2) is 342 Å². The van der Waals surface area contributed by atoms with Gasteiger partial charge >= 0.3 is 66.9 Å². The van der Waals surface area contributed by atoms with Crippen LogP contribution in [0.4, 0.5) is 43.2 Å². The second-order valence-corrected chi connectivity index (χ2v) is 29.5. The van der Waals surface area contributed by atoms with E-state index in [2.05, 4.69) is 47.8 Å². The minimum absolute atomic E-state index is 0.0437. The van der Waals surface area contributed by atoms with Gasteiger partial charge in [-0.2, -0.15) is 0 Å². The van der Waals surface area contributed by atoms with E-state index in [0.29, 0.717) is 13.2 Å². The Morgan fingerprint density at radius 2 is 0.786 bits per heavy atom. The van der Waals surface area contributed by atoms with Gasteiger partial charge in [-0.15, -0.1) is 6.42 Å². The molecular formula is C72H111N11O34. The fourth-order valence-corrected chi connectivity index (χ4v) is 10.2. The molecule has 0 radical (unpaired) electrons. The highest BCUT2D eigenvalue weighted by molar-refractivity contribution is 6.02. The van der Waals surface area contributed by atoms with Crippen molar-refractivity contribution in [2.75, 3.05) is 154 Å². The SMILES string of the molecule is C#CCOCCOCCOCCOCCOC(=O)N(CCOCCN(C)C(=O)O[C@@H]([C@@H]1OC(C(=O)OC)=C[C@H](N=C(NC(=O)OC(C)(C)C)NC(=O)OC(C)(C)C)[C@H]1NC(C)=O)[C@H]1COC(=O)O1)CCOCCN(C)C(=O)O[C@@H]([C@@H]1OC(C(=O)OC)=C[C@H](N=C(NC(=O)OC(C)(C)C)NC(=O)OC(C)(C)C)[C@H]1NC(C)=O)[C@H]1COC(=O)O1. The van der Waals surface area contributed by atoms with Gasteiger partial charge in [-0.1, -0.05) is 5.92 Å². The maximum atomic E-state index is 14.2. The monoisotopic (exact) mass is 1670 g/mol. The lowest BCUT2D eigenvalue weighted by Crippen LogP contribution is -2.61. The molecule has 0 aromatic rings. The van der Waals surface area contributed by atoms with Gasteiger partial charge < -0.3 is 125 Å². The van der Waals surface area contributed by atoms with Gasteiger partial charge in [0.15, 0.2) is 36.6 Å². The highest BCUT2D eigenvalue weighted by atomic mass is 16.8. The molecule has 4 aliphatic heterocycles. The van der Waals surface area contributed by atoms with E-state index in [4.69, 9.17) is 106 Å². The molecule has 0 bridgehead atoms. The molecule has 2 fully saturated rings. The number of carbonyl (C=O) groups excluding carboxylic acids is 13. The number of aliphatic imine (C=N–C) groups is 2. The van der Waals surface area contributed by atoms with E-state index in [1.807, 2.05) is 0 Å². The zero-order valence-corrected chi connectivity index (χ0v) is 69.1. The van der Waals surface area contributed by atoms with E-state index in [1.54, 1.807) is 83.1 Å². The van der Waals surface area contributed by atoms with E-state index >= 15 is 0 Å². The zero-order chi connectivity index (χ0) is 87.4. The number of esters is 2. The fourth-order valence-electron chi connectivity index (χ4n) is 10.2. The number of hydrogen-bond donors (Lipinski definition) is 6. The summed E-state index contributed by atoms with van der Waals surface area (Å²) in [6, 6.07) is -6.05. The molecule has 4 heterocycles. The Hall–Kier alpha value is -10.9. The number of nitrogens with zero attached hydrogens (tertiary/aromatic N) is 5. The predicted octanol–water partition coefficient (Wildman–Crippen LogP) is 2.57. The molecule has 0 aromatic heterocycles. The van der Waals surface area contributed by atoms with Gasteiger partial charge in [-0.3, -0.25) is 30.9 Å². The Morgan fingerprint density at radius 1 is 0.470 bits per heavy atom. The molecular weight excluding hydrogens is 1560 g/mol. The summed E-state index contributed by atoms with van der Waals surface area (Å²) >= 11 is 0. The minimum Gasteiger partial charge on any atom is -0.477 e. The average molecular weight is 1670 g/mol. The Bertz CT molecular complexity index is 3280. The van der Waals surface area contributed by atoms with Gasteiger partial charge in [0.05, 0.1) is 111 Å². The van der Waals surface area contributed by atoms with Crippen molar-refractivity contribution in [3.05, 3.63) is 23.7 Å². The number of nitrogens with one attached hydrogen (secondary N) is 6. The van der Waals surface area contributed by atoms with Crippen molar-refractivity contribution in [2.45, 2.75) is 180 Å². The van der Waals surface area contributed by atoms with Crippen molar-refractivity contribution in [3.63, 3.8) is 0 Å².